The van der Waals surface area contributed by atoms with Crippen LogP contribution in [0.25, 0.3) is 0 Å². The minimum absolute atomic E-state index is 0.161. The van der Waals surface area contributed by atoms with Crippen LogP contribution in [0.3, 0.4) is 0 Å². The van der Waals surface area contributed by atoms with Gasteiger partial charge in [0, 0.05) is 19.5 Å². The van der Waals surface area contributed by atoms with E-state index in [1.165, 1.54) is 19.3 Å². The Labute approximate surface area is 143 Å². The average molecular weight is 333 g/mol. The van der Waals surface area contributed by atoms with Crippen LogP contribution in [0.15, 0.2) is 24.3 Å². The number of carboxylic acids is 1. The molecule has 1 aliphatic carbocycles. The van der Waals surface area contributed by atoms with Gasteiger partial charge in [0.2, 0.25) is 5.91 Å². The molecule has 0 aromatic heterocycles. The minimum Gasteiger partial charge on any atom is -0.482 e. The summed E-state index contributed by atoms with van der Waals surface area (Å²) in [5, 5.41) is 8.60. The van der Waals surface area contributed by atoms with Gasteiger partial charge in [0.25, 0.3) is 0 Å². The second-order valence-electron chi connectivity index (χ2n) is 6.56. The number of rotatable bonds is 6. The van der Waals surface area contributed by atoms with Crippen molar-refractivity contribution < 1.29 is 19.4 Å². The summed E-state index contributed by atoms with van der Waals surface area (Å²) in [4.78, 5) is 24.9. The van der Waals surface area contributed by atoms with E-state index in [4.69, 9.17) is 9.84 Å². The van der Waals surface area contributed by atoms with Gasteiger partial charge in [-0.2, -0.15) is 0 Å². The molecule has 132 valence electrons. The standard InChI is InChI=1S/C19H27NO4/c1-20(19(23)16-7-5-3-2-4-6-8-16)13-15-9-11-17(12-10-15)24-14-18(21)22/h9-12,16H,2-8,13-14H2,1H3,(H,21,22). The zero-order valence-corrected chi connectivity index (χ0v) is 14.4. The normalized spacial score (nSPS) is 16.0. The Morgan fingerprint density at radius 2 is 1.67 bits per heavy atom. The highest BCUT2D eigenvalue weighted by Crippen LogP contribution is 2.24. The summed E-state index contributed by atoms with van der Waals surface area (Å²) in [7, 11) is 1.86. The second kappa shape index (κ2) is 9.30. The second-order valence-corrected chi connectivity index (χ2v) is 6.56. The van der Waals surface area contributed by atoms with Crippen molar-refractivity contribution in [1.29, 1.82) is 0 Å². The molecule has 1 aromatic rings. The molecule has 1 aromatic carbocycles. The molecule has 0 spiro atoms. The minimum atomic E-state index is -0.997. The summed E-state index contributed by atoms with van der Waals surface area (Å²) in [6.07, 6.45) is 8.10. The molecule has 0 bridgehead atoms. The van der Waals surface area contributed by atoms with Crippen LogP contribution in [0, 0.1) is 5.92 Å². The third kappa shape index (κ3) is 5.87. The number of hydrogen-bond acceptors (Lipinski definition) is 3. The van der Waals surface area contributed by atoms with Crippen molar-refractivity contribution in [3.63, 3.8) is 0 Å². The van der Waals surface area contributed by atoms with Gasteiger partial charge in [0.15, 0.2) is 6.61 Å². The first-order valence-corrected chi connectivity index (χ1v) is 8.75. The molecule has 0 unspecified atom stereocenters. The van der Waals surface area contributed by atoms with Crippen molar-refractivity contribution in [3.05, 3.63) is 29.8 Å². The Morgan fingerprint density at radius 1 is 1.08 bits per heavy atom. The van der Waals surface area contributed by atoms with Gasteiger partial charge in [-0.05, 0) is 30.5 Å². The monoisotopic (exact) mass is 333 g/mol. The molecular formula is C19H27NO4. The summed E-state index contributed by atoms with van der Waals surface area (Å²) in [6, 6.07) is 7.23. The summed E-state index contributed by atoms with van der Waals surface area (Å²) < 4.78 is 5.12. The van der Waals surface area contributed by atoms with Crippen molar-refractivity contribution in [2.45, 2.75) is 51.5 Å². The number of nitrogens with zero attached hydrogens (tertiary/aromatic N) is 1. The molecule has 1 saturated carbocycles. The summed E-state index contributed by atoms with van der Waals surface area (Å²) in [5.41, 5.74) is 1.01. The topological polar surface area (TPSA) is 66.8 Å². The molecule has 1 N–H and O–H groups in total. The molecule has 5 heteroatoms. The highest BCUT2D eigenvalue weighted by Gasteiger charge is 2.22. The number of hydrogen-bond donors (Lipinski definition) is 1. The predicted octanol–water partition coefficient (Wildman–Crippen LogP) is 3.47. The summed E-state index contributed by atoms with van der Waals surface area (Å²) >= 11 is 0. The van der Waals surface area contributed by atoms with E-state index in [0.717, 1.165) is 31.2 Å². The maximum atomic E-state index is 12.6. The van der Waals surface area contributed by atoms with Crippen molar-refractivity contribution in [3.8, 4) is 5.75 Å². The first-order valence-electron chi connectivity index (χ1n) is 8.75. The van der Waals surface area contributed by atoms with Gasteiger partial charge in [-0.1, -0.05) is 44.2 Å². The van der Waals surface area contributed by atoms with E-state index in [2.05, 4.69) is 0 Å². The molecule has 2 rings (SSSR count). The molecular weight excluding hydrogens is 306 g/mol. The maximum absolute atomic E-state index is 12.6. The average Bonchev–Trinajstić information content (AvgIpc) is 2.53. The van der Waals surface area contributed by atoms with Crippen LogP contribution in [-0.4, -0.2) is 35.5 Å². The van der Waals surface area contributed by atoms with Crippen molar-refractivity contribution >= 4 is 11.9 Å². The van der Waals surface area contributed by atoms with Gasteiger partial charge in [0.1, 0.15) is 5.75 Å². The SMILES string of the molecule is CN(Cc1ccc(OCC(=O)O)cc1)C(=O)C1CCCCCCC1. The summed E-state index contributed by atoms with van der Waals surface area (Å²) in [5.74, 6) is -0.0738. The largest absolute Gasteiger partial charge is 0.482 e. The van der Waals surface area contributed by atoms with E-state index in [9.17, 15) is 9.59 Å². The van der Waals surface area contributed by atoms with Gasteiger partial charge in [-0.3, -0.25) is 4.79 Å². The lowest BCUT2D eigenvalue weighted by molar-refractivity contribution is -0.139. The van der Waals surface area contributed by atoms with Crippen LogP contribution in [-0.2, 0) is 16.1 Å². The third-order valence-corrected chi connectivity index (χ3v) is 4.54. The Bertz CT molecular complexity index is 533. The Balaban J connectivity index is 1.86. The fraction of sp³-hybridized carbons (Fsp3) is 0.579. The lowest BCUT2D eigenvalue weighted by Gasteiger charge is -2.25. The van der Waals surface area contributed by atoms with Gasteiger partial charge < -0.3 is 14.7 Å². The van der Waals surface area contributed by atoms with Crippen LogP contribution in [0.4, 0.5) is 0 Å². The molecule has 0 saturated heterocycles. The molecule has 24 heavy (non-hydrogen) atoms. The Morgan fingerprint density at radius 3 is 2.25 bits per heavy atom. The van der Waals surface area contributed by atoms with E-state index in [1.54, 1.807) is 17.0 Å². The number of carbonyl (C=O) groups excluding carboxylic acids is 1. The first kappa shape index (κ1) is 18.3. The number of carboxylic acid groups (broad SMARTS) is 1. The molecule has 0 aliphatic heterocycles. The third-order valence-electron chi connectivity index (χ3n) is 4.54. The molecule has 0 heterocycles. The highest BCUT2D eigenvalue weighted by molar-refractivity contribution is 5.78. The fourth-order valence-corrected chi connectivity index (χ4v) is 3.20. The smallest absolute Gasteiger partial charge is 0.341 e. The zero-order chi connectivity index (χ0) is 17.4. The van der Waals surface area contributed by atoms with Crippen molar-refractivity contribution in [2.24, 2.45) is 5.92 Å². The van der Waals surface area contributed by atoms with Gasteiger partial charge >= 0.3 is 5.97 Å². The fourth-order valence-electron chi connectivity index (χ4n) is 3.20. The number of amides is 1. The Hall–Kier alpha value is -2.04. The first-order chi connectivity index (χ1) is 11.6. The van der Waals surface area contributed by atoms with Crippen LogP contribution in [0.1, 0.15) is 50.5 Å². The Kier molecular flexibility index (Phi) is 7.09. The molecule has 0 atom stereocenters. The molecule has 1 amide bonds. The van der Waals surface area contributed by atoms with Crippen LogP contribution >= 0.6 is 0 Å². The number of ether oxygens (including phenoxy) is 1. The lowest BCUT2D eigenvalue weighted by Crippen LogP contribution is -2.32. The number of carbonyl (C=O) groups is 2. The van der Waals surface area contributed by atoms with Crippen LogP contribution in [0.2, 0.25) is 0 Å². The maximum Gasteiger partial charge on any atom is 0.341 e. The number of benzene rings is 1. The predicted molar refractivity (Wildman–Crippen MR) is 91.9 cm³/mol. The zero-order valence-electron chi connectivity index (χ0n) is 14.4. The summed E-state index contributed by atoms with van der Waals surface area (Å²) in [6.45, 7) is 0.216. The van der Waals surface area contributed by atoms with Gasteiger partial charge in [0.05, 0.1) is 0 Å². The quantitative estimate of drug-likeness (QED) is 0.865. The molecule has 1 aliphatic rings. The van der Waals surface area contributed by atoms with E-state index < -0.39 is 5.97 Å². The molecule has 5 nitrogen and oxygen atoms in total. The van der Waals surface area contributed by atoms with Crippen molar-refractivity contribution in [1.82, 2.24) is 4.90 Å². The lowest BCUT2D eigenvalue weighted by atomic mass is 9.90. The van der Waals surface area contributed by atoms with E-state index in [0.29, 0.717) is 12.3 Å². The van der Waals surface area contributed by atoms with Crippen LogP contribution in [0.5, 0.6) is 5.75 Å². The van der Waals surface area contributed by atoms with Crippen molar-refractivity contribution in [2.75, 3.05) is 13.7 Å². The van der Waals surface area contributed by atoms with E-state index in [1.807, 2.05) is 19.2 Å². The molecule has 1 fully saturated rings. The van der Waals surface area contributed by atoms with E-state index >= 15 is 0 Å². The van der Waals surface area contributed by atoms with Gasteiger partial charge in [-0.25, -0.2) is 4.79 Å². The van der Waals surface area contributed by atoms with Gasteiger partial charge in [-0.15, -0.1) is 0 Å². The van der Waals surface area contributed by atoms with E-state index in [-0.39, 0.29) is 18.4 Å². The molecule has 0 radical (unpaired) electrons. The highest BCUT2D eigenvalue weighted by atomic mass is 16.5. The van der Waals surface area contributed by atoms with Crippen LogP contribution < -0.4 is 4.74 Å². The number of aliphatic carboxylic acids is 1.